The Balaban J connectivity index is 1.70. The molecule has 1 fully saturated rings. The Morgan fingerprint density at radius 1 is 1.21 bits per heavy atom. The molecule has 1 amide bonds. The second-order valence-electron chi connectivity index (χ2n) is 6.90. The maximum absolute atomic E-state index is 11.8. The molecular weight excluding hydrogens is 372 g/mol. The van der Waals surface area contributed by atoms with Gasteiger partial charge in [-0.2, -0.15) is 0 Å². The third kappa shape index (κ3) is 7.03. The first-order valence-corrected chi connectivity index (χ1v) is 10.2. The molecule has 0 saturated carbocycles. The van der Waals surface area contributed by atoms with Crippen LogP contribution in [0.4, 0.5) is 4.79 Å². The lowest BCUT2D eigenvalue weighted by atomic mass is 10.1. The first-order chi connectivity index (χ1) is 14.1. The predicted octanol–water partition coefficient (Wildman–Crippen LogP) is 2.42. The number of hydrogen-bond acceptors (Lipinski definition) is 5. The average molecular weight is 407 g/mol. The molecule has 0 atom stereocenters. The molecule has 0 radical (unpaired) electrons. The van der Waals surface area contributed by atoms with Crippen LogP contribution in [0.5, 0.6) is 11.5 Å². The number of ether oxygens (including phenoxy) is 3. The molecule has 1 aliphatic heterocycles. The standard InChI is InChI=1S/C21H34N4O4/c1-5-29-21(26)25-13-10-17(11-14-25)24-20(22-2)23-12-6-7-16-8-9-18(27-3)19(15-16)28-4/h8-9,15,17H,5-7,10-14H2,1-4H3,(H2,22,23,24). The van der Waals surface area contributed by atoms with Crippen LogP contribution in [-0.4, -0.2) is 70.5 Å². The maximum atomic E-state index is 11.8. The number of carbonyl (C=O) groups is 1. The van der Waals surface area contributed by atoms with E-state index in [0.29, 0.717) is 25.7 Å². The molecule has 1 heterocycles. The first kappa shape index (κ1) is 22.6. The first-order valence-electron chi connectivity index (χ1n) is 10.2. The Morgan fingerprint density at radius 3 is 2.55 bits per heavy atom. The highest BCUT2D eigenvalue weighted by Crippen LogP contribution is 2.27. The molecule has 0 aliphatic carbocycles. The lowest BCUT2D eigenvalue weighted by molar-refractivity contribution is 0.0963. The van der Waals surface area contributed by atoms with Crippen LogP contribution < -0.4 is 20.1 Å². The monoisotopic (exact) mass is 406 g/mol. The lowest BCUT2D eigenvalue weighted by Gasteiger charge is -2.32. The second kappa shape index (κ2) is 12.0. The van der Waals surface area contributed by atoms with Gasteiger partial charge in [0.25, 0.3) is 0 Å². The smallest absolute Gasteiger partial charge is 0.409 e. The summed E-state index contributed by atoms with van der Waals surface area (Å²) in [5, 5.41) is 6.82. The van der Waals surface area contributed by atoms with E-state index in [2.05, 4.69) is 21.7 Å². The maximum Gasteiger partial charge on any atom is 0.409 e. The van der Waals surface area contributed by atoms with Crippen molar-refractivity contribution in [1.29, 1.82) is 0 Å². The number of methoxy groups -OCH3 is 2. The fourth-order valence-corrected chi connectivity index (χ4v) is 3.34. The summed E-state index contributed by atoms with van der Waals surface area (Å²) in [4.78, 5) is 17.9. The fourth-order valence-electron chi connectivity index (χ4n) is 3.34. The number of nitrogens with zero attached hydrogens (tertiary/aromatic N) is 2. The zero-order valence-corrected chi connectivity index (χ0v) is 18.0. The summed E-state index contributed by atoms with van der Waals surface area (Å²) < 4.78 is 15.7. The molecule has 2 N–H and O–H groups in total. The Bertz CT molecular complexity index is 673. The van der Waals surface area contributed by atoms with Gasteiger partial charge in [-0.25, -0.2) is 4.79 Å². The van der Waals surface area contributed by atoms with E-state index < -0.39 is 0 Å². The number of carbonyl (C=O) groups excluding carboxylic acids is 1. The van der Waals surface area contributed by atoms with E-state index in [0.717, 1.165) is 49.7 Å². The van der Waals surface area contributed by atoms with Crippen molar-refractivity contribution in [3.63, 3.8) is 0 Å². The number of nitrogens with one attached hydrogen (secondary N) is 2. The largest absolute Gasteiger partial charge is 0.493 e. The van der Waals surface area contributed by atoms with Crippen molar-refractivity contribution < 1.29 is 19.0 Å². The minimum Gasteiger partial charge on any atom is -0.493 e. The van der Waals surface area contributed by atoms with Crippen LogP contribution in [0.2, 0.25) is 0 Å². The second-order valence-corrected chi connectivity index (χ2v) is 6.90. The number of rotatable bonds is 8. The number of guanidine groups is 1. The van der Waals surface area contributed by atoms with Crippen molar-refractivity contribution in [2.45, 2.75) is 38.6 Å². The van der Waals surface area contributed by atoms with Crippen molar-refractivity contribution in [2.24, 2.45) is 4.99 Å². The van der Waals surface area contributed by atoms with Crippen LogP contribution in [0.3, 0.4) is 0 Å². The zero-order chi connectivity index (χ0) is 21.1. The fraction of sp³-hybridized carbons (Fsp3) is 0.619. The highest BCUT2D eigenvalue weighted by atomic mass is 16.6. The van der Waals surface area contributed by atoms with Gasteiger partial charge in [0.15, 0.2) is 17.5 Å². The molecule has 0 bridgehead atoms. The minimum atomic E-state index is -0.219. The van der Waals surface area contributed by atoms with Crippen molar-refractivity contribution in [2.75, 3.05) is 47.5 Å². The molecule has 1 aromatic carbocycles. The Kier molecular flexibility index (Phi) is 9.40. The summed E-state index contributed by atoms with van der Waals surface area (Å²) in [6.07, 6.45) is 3.44. The van der Waals surface area contributed by atoms with Crippen LogP contribution in [0, 0.1) is 0 Å². The van der Waals surface area contributed by atoms with Crippen molar-refractivity contribution in [3.8, 4) is 11.5 Å². The molecule has 8 nitrogen and oxygen atoms in total. The molecule has 0 aromatic heterocycles. The molecule has 1 aromatic rings. The SMILES string of the molecule is CCOC(=O)N1CCC(NC(=NC)NCCCc2ccc(OC)c(OC)c2)CC1. The predicted molar refractivity (Wildman–Crippen MR) is 114 cm³/mol. The Morgan fingerprint density at radius 2 is 1.93 bits per heavy atom. The van der Waals surface area contributed by atoms with E-state index in [4.69, 9.17) is 14.2 Å². The molecule has 1 saturated heterocycles. The topological polar surface area (TPSA) is 84.4 Å². The third-order valence-electron chi connectivity index (χ3n) is 4.97. The van der Waals surface area contributed by atoms with Crippen molar-refractivity contribution in [3.05, 3.63) is 23.8 Å². The van der Waals surface area contributed by atoms with Gasteiger partial charge in [-0.15, -0.1) is 0 Å². The normalized spacial score (nSPS) is 15.0. The minimum absolute atomic E-state index is 0.219. The highest BCUT2D eigenvalue weighted by molar-refractivity contribution is 5.80. The van der Waals surface area contributed by atoms with E-state index in [9.17, 15) is 4.79 Å². The zero-order valence-electron chi connectivity index (χ0n) is 18.0. The van der Waals surface area contributed by atoms with Crippen LogP contribution in [0.15, 0.2) is 23.2 Å². The van der Waals surface area contributed by atoms with E-state index in [1.54, 1.807) is 26.2 Å². The number of aryl methyl sites for hydroxylation is 1. The van der Waals surface area contributed by atoms with Gasteiger partial charge in [-0.1, -0.05) is 6.07 Å². The van der Waals surface area contributed by atoms with Gasteiger partial charge in [0.1, 0.15) is 0 Å². The molecule has 8 heteroatoms. The highest BCUT2D eigenvalue weighted by Gasteiger charge is 2.23. The van der Waals surface area contributed by atoms with Gasteiger partial charge in [-0.3, -0.25) is 4.99 Å². The Labute approximate surface area is 173 Å². The van der Waals surface area contributed by atoms with E-state index in [-0.39, 0.29) is 6.09 Å². The number of likely N-dealkylation sites (tertiary alicyclic amines) is 1. The van der Waals surface area contributed by atoms with E-state index >= 15 is 0 Å². The average Bonchev–Trinajstić information content (AvgIpc) is 2.76. The number of piperidine rings is 1. The van der Waals surface area contributed by atoms with E-state index in [1.807, 2.05) is 19.1 Å². The van der Waals surface area contributed by atoms with Gasteiger partial charge < -0.3 is 29.7 Å². The van der Waals surface area contributed by atoms with Gasteiger partial charge in [-0.05, 0) is 50.3 Å². The summed E-state index contributed by atoms with van der Waals surface area (Å²) >= 11 is 0. The summed E-state index contributed by atoms with van der Waals surface area (Å²) in [6.45, 7) is 4.46. The van der Waals surface area contributed by atoms with Gasteiger partial charge >= 0.3 is 6.09 Å². The van der Waals surface area contributed by atoms with Crippen LogP contribution >= 0.6 is 0 Å². The molecule has 162 valence electrons. The molecule has 2 rings (SSSR count). The van der Waals surface area contributed by atoms with Crippen molar-refractivity contribution >= 4 is 12.1 Å². The molecule has 0 unspecified atom stereocenters. The molecule has 29 heavy (non-hydrogen) atoms. The number of benzene rings is 1. The summed E-state index contributed by atoms with van der Waals surface area (Å²) in [7, 11) is 5.06. The third-order valence-corrected chi connectivity index (χ3v) is 4.97. The summed E-state index contributed by atoms with van der Waals surface area (Å²) in [5.74, 6) is 2.30. The molecule has 0 spiro atoms. The summed E-state index contributed by atoms with van der Waals surface area (Å²) in [6, 6.07) is 6.32. The van der Waals surface area contributed by atoms with Gasteiger partial charge in [0.05, 0.1) is 20.8 Å². The lowest BCUT2D eigenvalue weighted by Crippen LogP contribution is -2.50. The van der Waals surface area contributed by atoms with E-state index in [1.165, 1.54) is 5.56 Å². The number of hydrogen-bond donors (Lipinski definition) is 2. The molecule has 1 aliphatic rings. The molecular formula is C21H34N4O4. The quantitative estimate of drug-likeness (QED) is 0.392. The number of amides is 1. The van der Waals surface area contributed by atoms with Crippen LogP contribution in [-0.2, 0) is 11.2 Å². The Hall–Kier alpha value is -2.64. The van der Waals surface area contributed by atoms with Gasteiger partial charge in [0, 0.05) is 32.7 Å². The van der Waals surface area contributed by atoms with Gasteiger partial charge in [0.2, 0.25) is 0 Å². The van der Waals surface area contributed by atoms with Crippen LogP contribution in [0.25, 0.3) is 0 Å². The van der Waals surface area contributed by atoms with Crippen LogP contribution in [0.1, 0.15) is 31.7 Å². The van der Waals surface area contributed by atoms with Crippen molar-refractivity contribution in [1.82, 2.24) is 15.5 Å². The number of aliphatic imine (C=N–C) groups is 1. The summed E-state index contributed by atoms with van der Waals surface area (Å²) in [5.41, 5.74) is 1.21.